The molecule has 0 saturated carbocycles. The van der Waals surface area contributed by atoms with E-state index in [2.05, 4.69) is 20.9 Å². The molecule has 3 unspecified atom stereocenters. The molecular formula is C5H11N5. The lowest BCUT2D eigenvalue weighted by atomic mass is 10.2. The molecule has 0 aromatic rings. The average Bonchev–Trinajstić information content (AvgIpc) is 2.33. The van der Waals surface area contributed by atoms with Crippen LogP contribution in [0.15, 0.2) is 4.99 Å². The molecule has 5 nitrogen and oxygen atoms in total. The van der Waals surface area contributed by atoms with Crippen molar-refractivity contribution in [2.24, 2.45) is 10.7 Å². The minimum absolute atomic E-state index is 0.113. The van der Waals surface area contributed by atoms with E-state index in [-0.39, 0.29) is 12.5 Å². The SMILES string of the molecule is NC1NCC2NC=NC2N1. The van der Waals surface area contributed by atoms with Crippen LogP contribution in [0.1, 0.15) is 0 Å². The van der Waals surface area contributed by atoms with E-state index in [0.717, 1.165) is 6.54 Å². The van der Waals surface area contributed by atoms with Crippen molar-refractivity contribution in [3.05, 3.63) is 0 Å². The average molecular weight is 141 g/mol. The topological polar surface area (TPSA) is 74.5 Å². The predicted octanol–water partition coefficient (Wildman–Crippen LogP) is -2.25. The highest BCUT2D eigenvalue weighted by molar-refractivity contribution is 5.58. The van der Waals surface area contributed by atoms with E-state index in [1.54, 1.807) is 6.34 Å². The maximum absolute atomic E-state index is 5.57. The summed E-state index contributed by atoms with van der Waals surface area (Å²) in [7, 11) is 0. The third-order valence-corrected chi connectivity index (χ3v) is 1.81. The van der Waals surface area contributed by atoms with Crippen molar-refractivity contribution in [3.8, 4) is 0 Å². The highest BCUT2D eigenvalue weighted by Crippen LogP contribution is 2.03. The van der Waals surface area contributed by atoms with Crippen molar-refractivity contribution in [2.75, 3.05) is 6.54 Å². The third-order valence-electron chi connectivity index (χ3n) is 1.81. The maximum Gasteiger partial charge on any atom is 0.125 e. The van der Waals surface area contributed by atoms with Crippen molar-refractivity contribution in [3.63, 3.8) is 0 Å². The molecule has 5 N–H and O–H groups in total. The normalized spacial score (nSPS) is 44.7. The van der Waals surface area contributed by atoms with Crippen LogP contribution in [0.4, 0.5) is 0 Å². The number of nitrogens with two attached hydrogens (primary N) is 1. The van der Waals surface area contributed by atoms with Gasteiger partial charge in [-0.05, 0) is 0 Å². The summed E-state index contributed by atoms with van der Waals surface area (Å²) >= 11 is 0. The monoisotopic (exact) mass is 141 g/mol. The largest absolute Gasteiger partial charge is 0.369 e. The fourth-order valence-electron chi connectivity index (χ4n) is 1.24. The van der Waals surface area contributed by atoms with Gasteiger partial charge in [0.1, 0.15) is 12.5 Å². The van der Waals surface area contributed by atoms with Crippen molar-refractivity contribution >= 4 is 6.34 Å². The van der Waals surface area contributed by atoms with Crippen molar-refractivity contribution in [1.82, 2.24) is 16.0 Å². The van der Waals surface area contributed by atoms with Gasteiger partial charge in [-0.15, -0.1) is 0 Å². The number of rotatable bonds is 0. The summed E-state index contributed by atoms with van der Waals surface area (Å²) in [6.07, 6.45) is 1.77. The van der Waals surface area contributed by atoms with Crippen molar-refractivity contribution < 1.29 is 0 Å². The number of fused-ring (bicyclic) bond motifs is 1. The Bertz CT molecular complexity index is 156. The molecule has 2 aliphatic heterocycles. The fourth-order valence-corrected chi connectivity index (χ4v) is 1.24. The quantitative estimate of drug-likeness (QED) is 0.307. The minimum atomic E-state index is -0.113. The highest BCUT2D eigenvalue weighted by atomic mass is 15.4. The number of nitrogens with zero attached hydrogens (tertiary/aromatic N) is 1. The second-order valence-electron chi connectivity index (χ2n) is 2.55. The molecule has 2 rings (SSSR count). The van der Waals surface area contributed by atoms with Gasteiger partial charge in [-0.25, -0.2) is 0 Å². The molecule has 0 aromatic carbocycles. The van der Waals surface area contributed by atoms with Gasteiger partial charge >= 0.3 is 0 Å². The van der Waals surface area contributed by atoms with E-state index in [9.17, 15) is 0 Å². The van der Waals surface area contributed by atoms with Gasteiger partial charge in [-0.3, -0.25) is 15.6 Å². The molecule has 0 bridgehead atoms. The van der Waals surface area contributed by atoms with Gasteiger partial charge in [0.2, 0.25) is 0 Å². The van der Waals surface area contributed by atoms with Crippen LogP contribution in [0.5, 0.6) is 0 Å². The van der Waals surface area contributed by atoms with E-state index in [1.165, 1.54) is 0 Å². The van der Waals surface area contributed by atoms with Crippen LogP contribution in [0.2, 0.25) is 0 Å². The fraction of sp³-hybridized carbons (Fsp3) is 0.800. The molecule has 0 amide bonds. The number of aliphatic imine (C=N–C) groups is 1. The first-order valence-corrected chi connectivity index (χ1v) is 3.39. The second-order valence-corrected chi connectivity index (χ2v) is 2.55. The minimum Gasteiger partial charge on any atom is -0.369 e. The van der Waals surface area contributed by atoms with E-state index >= 15 is 0 Å². The Balaban J connectivity index is 2.01. The molecule has 0 radical (unpaired) electrons. The number of nitrogens with one attached hydrogen (secondary N) is 3. The summed E-state index contributed by atoms with van der Waals surface area (Å²) in [6, 6.07) is 0.375. The van der Waals surface area contributed by atoms with E-state index in [4.69, 9.17) is 5.73 Å². The van der Waals surface area contributed by atoms with Crippen LogP contribution in [-0.2, 0) is 0 Å². The molecule has 10 heavy (non-hydrogen) atoms. The lowest BCUT2D eigenvalue weighted by molar-refractivity contribution is 0.280. The Kier molecular flexibility index (Phi) is 1.33. The Morgan fingerprint density at radius 3 is 3.40 bits per heavy atom. The van der Waals surface area contributed by atoms with Crippen molar-refractivity contribution in [2.45, 2.75) is 18.5 Å². The summed E-state index contributed by atoms with van der Waals surface area (Å²) < 4.78 is 0. The van der Waals surface area contributed by atoms with Crippen LogP contribution in [0, 0.1) is 0 Å². The first-order valence-electron chi connectivity index (χ1n) is 3.39. The zero-order valence-electron chi connectivity index (χ0n) is 5.54. The highest BCUT2D eigenvalue weighted by Gasteiger charge is 2.29. The molecule has 0 aliphatic carbocycles. The zero-order valence-corrected chi connectivity index (χ0v) is 5.54. The van der Waals surface area contributed by atoms with Gasteiger partial charge in [-0.2, -0.15) is 0 Å². The smallest absolute Gasteiger partial charge is 0.125 e. The van der Waals surface area contributed by atoms with Crippen LogP contribution >= 0.6 is 0 Å². The molecule has 1 fully saturated rings. The summed E-state index contributed by atoms with van der Waals surface area (Å²) in [5.41, 5.74) is 5.57. The lowest BCUT2D eigenvalue weighted by Crippen LogP contribution is -2.65. The molecule has 56 valence electrons. The van der Waals surface area contributed by atoms with Gasteiger partial charge in [0, 0.05) is 6.54 Å². The third kappa shape index (κ3) is 0.880. The first-order chi connectivity index (χ1) is 4.86. The standard InChI is InChI=1S/C5H11N5/c6-5-7-1-3-4(10-5)9-2-8-3/h2-5,7,10H,1,6H2,(H,8,9). The van der Waals surface area contributed by atoms with Crippen LogP contribution < -0.4 is 21.7 Å². The van der Waals surface area contributed by atoms with Gasteiger partial charge in [-0.1, -0.05) is 0 Å². The molecule has 1 saturated heterocycles. The van der Waals surface area contributed by atoms with Crippen molar-refractivity contribution in [1.29, 1.82) is 0 Å². The zero-order chi connectivity index (χ0) is 6.97. The van der Waals surface area contributed by atoms with Gasteiger partial charge < -0.3 is 11.1 Å². The molecule has 5 heteroatoms. The van der Waals surface area contributed by atoms with E-state index in [1.807, 2.05) is 0 Å². The predicted molar refractivity (Wildman–Crippen MR) is 38.3 cm³/mol. The lowest BCUT2D eigenvalue weighted by Gasteiger charge is -2.30. The van der Waals surface area contributed by atoms with E-state index < -0.39 is 0 Å². The number of hydrogen-bond acceptors (Lipinski definition) is 5. The van der Waals surface area contributed by atoms with E-state index in [0.29, 0.717) is 6.04 Å². The van der Waals surface area contributed by atoms with Crippen LogP contribution in [-0.4, -0.2) is 31.4 Å². The molecule has 2 heterocycles. The Labute approximate surface area is 59.1 Å². The van der Waals surface area contributed by atoms with Gasteiger partial charge in [0.15, 0.2) is 0 Å². The number of hydrogen-bond donors (Lipinski definition) is 4. The second kappa shape index (κ2) is 2.19. The summed E-state index contributed by atoms with van der Waals surface area (Å²) in [6.45, 7) is 0.874. The molecule has 0 spiro atoms. The molecule has 3 atom stereocenters. The van der Waals surface area contributed by atoms with Crippen LogP contribution in [0.25, 0.3) is 0 Å². The summed E-state index contributed by atoms with van der Waals surface area (Å²) in [4.78, 5) is 4.14. The Hall–Kier alpha value is -0.650. The summed E-state index contributed by atoms with van der Waals surface area (Å²) in [5.74, 6) is 0. The summed E-state index contributed by atoms with van der Waals surface area (Å²) in [5, 5.41) is 9.27. The molecular weight excluding hydrogens is 130 g/mol. The van der Waals surface area contributed by atoms with Gasteiger partial charge in [0.25, 0.3) is 0 Å². The Morgan fingerprint density at radius 2 is 2.50 bits per heavy atom. The van der Waals surface area contributed by atoms with Gasteiger partial charge in [0.05, 0.1) is 12.4 Å². The maximum atomic E-state index is 5.57. The first kappa shape index (κ1) is 6.09. The Morgan fingerprint density at radius 1 is 1.60 bits per heavy atom. The van der Waals surface area contributed by atoms with Crippen LogP contribution in [0.3, 0.4) is 0 Å². The molecule has 0 aromatic heterocycles. The molecule has 2 aliphatic rings.